The van der Waals surface area contributed by atoms with Gasteiger partial charge in [-0.2, -0.15) is 0 Å². The summed E-state index contributed by atoms with van der Waals surface area (Å²) < 4.78 is 0. The van der Waals surface area contributed by atoms with Crippen LogP contribution in [0.5, 0.6) is 0 Å². The van der Waals surface area contributed by atoms with Crippen LogP contribution in [0.4, 0.5) is 4.79 Å². The third-order valence-corrected chi connectivity index (χ3v) is 5.29. The molecular formula is C17H24N2O3S. The molecule has 1 aliphatic rings. The first-order valence-corrected chi connectivity index (χ1v) is 8.92. The van der Waals surface area contributed by atoms with E-state index in [1.165, 1.54) is 10.5 Å². The summed E-state index contributed by atoms with van der Waals surface area (Å²) in [6.07, 6.45) is 1.07. The lowest BCUT2D eigenvalue weighted by Gasteiger charge is -2.31. The summed E-state index contributed by atoms with van der Waals surface area (Å²) in [5.41, 5.74) is 1.24. The van der Waals surface area contributed by atoms with Crippen LogP contribution in [0.15, 0.2) is 29.2 Å². The molecule has 1 unspecified atom stereocenters. The Balaban J connectivity index is 1.72. The maximum atomic E-state index is 12.2. The molecule has 5 nitrogen and oxygen atoms in total. The highest BCUT2D eigenvalue weighted by Crippen LogP contribution is 2.20. The molecule has 0 radical (unpaired) electrons. The predicted octanol–water partition coefficient (Wildman–Crippen LogP) is 2.98. The molecule has 0 aliphatic carbocycles. The van der Waals surface area contributed by atoms with Gasteiger partial charge in [0.2, 0.25) is 0 Å². The Hall–Kier alpha value is -1.69. The number of rotatable bonds is 5. The molecule has 1 aromatic carbocycles. The van der Waals surface area contributed by atoms with Crippen molar-refractivity contribution in [1.29, 1.82) is 0 Å². The molecule has 0 spiro atoms. The fourth-order valence-electron chi connectivity index (χ4n) is 2.53. The normalized spacial score (nSPS) is 16.9. The highest BCUT2D eigenvalue weighted by molar-refractivity contribution is 7.99. The van der Waals surface area contributed by atoms with Crippen molar-refractivity contribution in [3.8, 4) is 0 Å². The van der Waals surface area contributed by atoms with Crippen LogP contribution in [0, 0.1) is 12.8 Å². The van der Waals surface area contributed by atoms with Gasteiger partial charge in [-0.1, -0.05) is 17.7 Å². The van der Waals surface area contributed by atoms with E-state index in [4.69, 9.17) is 5.11 Å². The van der Waals surface area contributed by atoms with Gasteiger partial charge in [-0.3, -0.25) is 4.79 Å². The molecule has 0 bridgehead atoms. The van der Waals surface area contributed by atoms with Crippen molar-refractivity contribution in [3.05, 3.63) is 29.8 Å². The van der Waals surface area contributed by atoms with Gasteiger partial charge >= 0.3 is 12.0 Å². The molecule has 0 saturated carbocycles. The molecule has 1 aromatic rings. The highest BCUT2D eigenvalue weighted by atomic mass is 32.2. The lowest BCUT2D eigenvalue weighted by molar-refractivity contribution is -0.143. The van der Waals surface area contributed by atoms with Crippen molar-refractivity contribution in [2.45, 2.75) is 37.6 Å². The number of benzene rings is 1. The maximum absolute atomic E-state index is 12.2. The molecule has 6 heteroatoms. The van der Waals surface area contributed by atoms with Gasteiger partial charge in [-0.05, 0) is 38.8 Å². The average Bonchev–Trinajstić information content (AvgIpc) is 2.54. The lowest BCUT2D eigenvalue weighted by Crippen LogP contribution is -2.48. The van der Waals surface area contributed by atoms with Crippen LogP contribution >= 0.6 is 11.8 Å². The Kier molecular flexibility index (Phi) is 6.33. The molecule has 0 aromatic heterocycles. The van der Waals surface area contributed by atoms with Gasteiger partial charge in [-0.25, -0.2) is 4.79 Å². The molecule has 1 fully saturated rings. The van der Waals surface area contributed by atoms with E-state index >= 15 is 0 Å². The van der Waals surface area contributed by atoms with Crippen LogP contribution in [0.2, 0.25) is 0 Å². The van der Waals surface area contributed by atoms with Gasteiger partial charge in [0, 0.05) is 29.8 Å². The number of hydrogen-bond acceptors (Lipinski definition) is 3. The first-order chi connectivity index (χ1) is 11.0. The van der Waals surface area contributed by atoms with E-state index in [1.807, 2.05) is 6.92 Å². The summed E-state index contributed by atoms with van der Waals surface area (Å²) >= 11 is 1.72. The van der Waals surface area contributed by atoms with Crippen LogP contribution < -0.4 is 5.32 Å². The number of nitrogens with zero attached hydrogens (tertiary/aromatic N) is 1. The van der Waals surface area contributed by atoms with Gasteiger partial charge in [0.05, 0.1) is 5.92 Å². The van der Waals surface area contributed by atoms with E-state index < -0.39 is 5.97 Å². The monoisotopic (exact) mass is 336 g/mol. The summed E-state index contributed by atoms with van der Waals surface area (Å²) in [6, 6.07) is 8.31. The van der Waals surface area contributed by atoms with Crippen LogP contribution in [-0.4, -0.2) is 46.9 Å². The highest BCUT2D eigenvalue weighted by Gasteiger charge is 2.27. The number of thioether (sulfide) groups is 1. The quantitative estimate of drug-likeness (QED) is 0.811. The minimum atomic E-state index is -0.757. The molecule has 1 saturated heterocycles. The number of carboxylic acids is 1. The summed E-state index contributed by atoms with van der Waals surface area (Å²) in [6.45, 7) is 5.08. The van der Waals surface area contributed by atoms with Gasteiger partial charge in [0.25, 0.3) is 0 Å². The first-order valence-electron chi connectivity index (χ1n) is 7.93. The lowest BCUT2D eigenvalue weighted by atomic mass is 9.97. The molecule has 1 heterocycles. The second kappa shape index (κ2) is 8.24. The summed E-state index contributed by atoms with van der Waals surface area (Å²) in [4.78, 5) is 26.0. The molecule has 2 rings (SSSR count). The molecular weight excluding hydrogens is 312 g/mol. The van der Waals surface area contributed by atoms with Crippen molar-refractivity contribution in [2.24, 2.45) is 5.92 Å². The molecule has 2 amide bonds. The second-order valence-corrected chi connectivity index (χ2v) is 7.17. The SMILES string of the molecule is Cc1ccc(SCC(C)NC(=O)N2CCC(C(=O)O)CC2)cc1. The van der Waals surface area contributed by atoms with E-state index in [0.29, 0.717) is 25.9 Å². The zero-order valence-electron chi connectivity index (χ0n) is 13.6. The van der Waals surface area contributed by atoms with Gasteiger partial charge in [-0.15, -0.1) is 11.8 Å². The van der Waals surface area contributed by atoms with Crippen LogP contribution in [0.3, 0.4) is 0 Å². The number of aliphatic carboxylic acids is 1. The molecule has 1 aliphatic heterocycles. The number of carbonyl (C=O) groups is 2. The predicted molar refractivity (Wildman–Crippen MR) is 91.8 cm³/mol. The smallest absolute Gasteiger partial charge is 0.317 e. The number of urea groups is 1. The van der Waals surface area contributed by atoms with E-state index in [0.717, 1.165) is 5.75 Å². The third kappa shape index (κ3) is 5.46. The number of hydrogen-bond donors (Lipinski definition) is 2. The van der Waals surface area contributed by atoms with Gasteiger partial charge < -0.3 is 15.3 Å². The minimum Gasteiger partial charge on any atom is -0.481 e. The molecule has 23 heavy (non-hydrogen) atoms. The minimum absolute atomic E-state index is 0.0611. The molecule has 2 N–H and O–H groups in total. The number of piperidine rings is 1. The second-order valence-electron chi connectivity index (χ2n) is 6.07. The summed E-state index contributed by atoms with van der Waals surface area (Å²) in [5.74, 6) is -0.262. The summed E-state index contributed by atoms with van der Waals surface area (Å²) in [5, 5.41) is 12.0. The van der Waals surface area contributed by atoms with Gasteiger partial charge in [0.1, 0.15) is 0 Å². The van der Waals surface area contributed by atoms with E-state index in [1.54, 1.807) is 16.7 Å². The van der Waals surface area contributed by atoms with Crippen molar-refractivity contribution in [1.82, 2.24) is 10.2 Å². The number of likely N-dealkylation sites (tertiary alicyclic amines) is 1. The zero-order valence-corrected chi connectivity index (χ0v) is 14.4. The van der Waals surface area contributed by atoms with E-state index in [2.05, 4.69) is 36.5 Å². The molecule has 126 valence electrons. The number of amides is 2. The Labute approximate surface area is 141 Å². The van der Waals surface area contributed by atoms with E-state index in [-0.39, 0.29) is 18.0 Å². The van der Waals surface area contributed by atoms with Gasteiger partial charge in [0.15, 0.2) is 0 Å². The Morgan fingerprint density at radius 3 is 2.48 bits per heavy atom. The van der Waals surface area contributed by atoms with E-state index in [9.17, 15) is 9.59 Å². The van der Waals surface area contributed by atoms with Crippen LogP contribution in [0.25, 0.3) is 0 Å². The fourth-order valence-corrected chi connectivity index (χ4v) is 3.38. The standard InChI is InChI=1S/C17H24N2O3S/c1-12-3-5-15(6-4-12)23-11-13(2)18-17(22)19-9-7-14(8-10-19)16(20)21/h3-6,13-14H,7-11H2,1-2H3,(H,18,22)(H,20,21). The zero-order chi connectivity index (χ0) is 16.8. The van der Waals surface area contributed by atoms with Crippen molar-refractivity contribution >= 4 is 23.8 Å². The first kappa shape index (κ1) is 17.7. The number of nitrogens with one attached hydrogen (secondary N) is 1. The largest absolute Gasteiger partial charge is 0.481 e. The van der Waals surface area contributed by atoms with Crippen molar-refractivity contribution in [3.63, 3.8) is 0 Å². The maximum Gasteiger partial charge on any atom is 0.317 e. The number of aryl methyl sites for hydroxylation is 1. The van der Waals surface area contributed by atoms with Crippen LogP contribution in [0.1, 0.15) is 25.3 Å². The van der Waals surface area contributed by atoms with Crippen LogP contribution in [-0.2, 0) is 4.79 Å². The Morgan fingerprint density at radius 1 is 1.30 bits per heavy atom. The summed E-state index contributed by atoms with van der Waals surface area (Å²) in [7, 11) is 0. The molecule has 1 atom stereocenters. The Morgan fingerprint density at radius 2 is 1.91 bits per heavy atom. The topological polar surface area (TPSA) is 69.6 Å². The number of carboxylic acid groups (broad SMARTS) is 1. The van der Waals surface area contributed by atoms with Crippen molar-refractivity contribution < 1.29 is 14.7 Å². The Bertz CT molecular complexity index is 539. The average molecular weight is 336 g/mol. The fraction of sp³-hybridized carbons (Fsp3) is 0.529. The number of carbonyl (C=O) groups excluding carboxylic acids is 1. The third-order valence-electron chi connectivity index (χ3n) is 4.02. The van der Waals surface area contributed by atoms with Crippen molar-refractivity contribution in [2.75, 3.05) is 18.8 Å².